The summed E-state index contributed by atoms with van der Waals surface area (Å²) in [7, 11) is 0. The van der Waals surface area contributed by atoms with Gasteiger partial charge in [-0.3, -0.25) is 4.79 Å². The lowest BCUT2D eigenvalue weighted by Gasteiger charge is -2.08. The van der Waals surface area contributed by atoms with E-state index in [0.717, 1.165) is 0 Å². The zero-order valence-corrected chi connectivity index (χ0v) is 9.57. The van der Waals surface area contributed by atoms with Crippen LogP contribution in [0.15, 0.2) is 35.1 Å². The number of aromatic nitrogens is 1. The maximum absolute atomic E-state index is 10.7. The Bertz CT molecular complexity index is 510. The highest BCUT2D eigenvalue weighted by atomic mass is 35.5. The van der Waals surface area contributed by atoms with Gasteiger partial charge in [0.05, 0.1) is 5.56 Å². The molecule has 3 nitrogen and oxygen atoms in total. The van der Waals surface area contributed by atoms with Crippen LogP contribution < -0.4 is 0 Å². The third kappa shape index (κ3) is 1.96. The molecule has 0 aliphatic carbocycles. The molecule has 0 aliphatic rings. The fourth-order valence-corrected chi connectivity index (χ4v) is 2.02. The van der Waals surface area contributed by atoms with Crippen molar-refractivity contribution in [3.05, 3.63) is 52.4 Å². The van der Waals surface area contributed by atoms with Crippen molar-refractivity contribution in [1.29, 1.82) is 0 Å². The van der Waals surface area contributed by atoms with E-state index in [0.29, 0.717) is 28.1 Å². The maximum atomic E-state index is 10.7. The van der Waals surface area contributed by atoms with Gasteiger partial charge < -0.3 is 4.52 Å². The Hall–Kier alpha value is -1.32. The number of alkyl halides is 1. The van der Waals surface area contributed by atoms with Crippen molar-refractivity contribution in [3.63, 3.8) is 0 Å². The standard InChI is InChI=1S/C11H7Cl2NO2/c12-9-4-2-1-3-8(9)10(13)11-7(5-15)6-16-14-11/h1-6,10H. The van der Waals surface area contributed by atoms with Gasteiger partial charge in [-0.15, -0.1) is 11.6 Å². The molecule has 0 spiro atoms. The summed E-state index contributed by atoms with van der Waals surface area (Å²) in [6.07, 6.45) is 1.91. The molecule has 1 aromatic carbocycles. The summed E-state index contributed by atoms with van der Waals surface area (Å²) < 4.78 is 4.71. The molecule has 5 heteroatoms. The van der Waals surface area contributed by atoms with E-state index in [4.69, 9.17) is 27.7 Å². The molecular formula is C11H7Cl2NO2. The molecule has 2 rings (SSSR count). The monoisotopic (exact) mass is 255 g/mol. The first-order valence-corrected chi connectivity index (χ1v) is 5.33. The van der Waals surface area contributed by atoms with E-state index in [9.17, 15) is 4.79 Å². The number of nitrogens with zero attached hydrogens (tertiary/aromatic N) is 1. The predicted octanol–water partition coefficient (Wildman–Crippen LogP) is 3.47. The van der Waals surface area contributed by atoms with Gasteiger partial charge in [0.2, 0.25) is 0 Å². The Morgan fingerprint density at radius 3 is 2.81 bits per heavy atom. The number of carbonyl (C=O) groups is 1. The topological polar surface area (TPSA) is 43.1 Å². The van der Waals surface area contributed by atoms with Gasteiger partial charge in [-0.05, 0) is 11.6 Å². The van der Waals surface area contributed by atoms with Crippen molar-refractivity contribution in [2.45, 2.75) is 5.38 Å². The first-order chi connectivity index (χ1) is 7.74. The summed E-state index contributed by atoms with van der Waals surface area (Å²) in [6.45, 7) is 0. The summed E-state index contributed by atoms with van der Waals surface area (Å²) in [4.78, 5) is 10.7. The molecule has 0 fully saturated rings. The van der Waals surface area contributed by atoms with Crippen LogP contribution in [-0.2, 0) is 0 Å². The van der Waals surface area contributed by atoms with E-state index in [1.54, 1.807) is 18.2 Å². The van der Waals surface area contributed by atoms with Crippen LogP contribution in [0.4, 0.5) is 0 Å². The zero-order chi connectivity index (χ0) is 11.5. The smallest absolute Gasteiger partial charge is 0.155 e. The lowest BCUT2D eigenvalue weighted by atomic mass is 10.1. The normalized spacial score (nSPS) is 12.4. The lowest BCUT2D eigenvalue weighted by molar-refractivity contribution is 0.112. The summed E-state index contributed by atoms with van der Waals surface area (Å²) in [5.74, 6) is 0. The second kappa shape index (κ2) is 4.68. The van der Waals surface area contributed by atoms with Crippen molar-refractivity contribution >= 4 is 29.5 Å². The van der Waals surface area contributed by atoms with E-state index in [-0.39, 0.29) is 0 Å². The summed E-state index contributed by atoms with van der Waals surface area (Å²) in [5, 5.41) is 3.65. The van der Waals surface area contributed by atoms with E-state index in [2.05, 4.69) is 5.16 Å². The highest BCUT2D eigenvalue weighted by molar-refractivity contribution is 6.33. The van der Waals surface area contributed by atoms with Crippen molar-refractivity contribution < 1.29 is 9.32 Å². The number of rotatable bonds is 3. The van der Waals surface area contributed by atoms with Gasteiger partial charge in [-0.2, -0.15) is 0 Å². The van der Waals surface area contributed by atoms with Gasteiger partial charge >= 0.3 is 0 Å². The second-order valence-corrected chi connectivity index (χ2v) is 4.00. The molecule has 0 radical (unpaired) electrons. The van der Waals surface area contributed by atoms with Gasteiger partial charge in [0.15, 0.2) is 6.29 Å². The quantitative estimate of drug-likeness (QED) is 0.623. The van der Waals surface area contributed by atoms with Crippen LogP contribution in [0.25, 0.3) is 0 Å². The molecular weight excluding hydrogens is 249 g/mol. The largest absolute Gasteiger partial charge is 0.364 e. The number of hydrogen-bond donors (Lipinski definition) is 0. The van der Waals surface area contributed by atoms with E-state index < -0.39 is 5.38 Å². The number of halogens is 2. The van der Waals surface area contributed by atoms with Crippen LogP contribution >= 0.6 is 23.2 Å². The van der Waals surface area contributed by atoms with Crippen LogP contribution in [-0.4, -0.2) is 11.4 Å². The first-order valence-electron chi connectivity index (χ1n) is 4.52. The fraction of sp³-hybridized carbons (Fsp3) is 0.0909. The minimum atomic E-state index is -0.590. The molecule has 0 amide bonds. The minimum absolute atomic E-state index is 0.333. The Morgan fingerprint density at radius 1 is 1.38 bits per heavy atom. The molecule has 1 unspecified atom stereocenters. The summed E-state index contributed by atoms with van der Waals surface area (Å²) >= 11 is 12.2. The average molecular weight is 256 g/mol. The van der Waals surface area contributed by atoms with Crippen molar-refractivity contribution in [2.75, 3.05) is 0 Å². The Kier molecular flexibility index (Phi) is 3.27. The van der Waals surface area contributed by atoms with Gasteiger partial charge in [-0.25, -0.2) is 0 Å². The third-order valence-corrected chi connectivity index (χ3v) is 2.96. The first kappa shape index (κ1) is 11.2. The molecule has 16 heavy (non-hydrogen) atoms. The maximum Gasteiger partial charge on any atom is 0.155 e. The zero-order valence-electron chi connectivity index (χ0n) is 8.06. The molecule has 1 heterocycles. The van der Waals surface area contributed by atoms with E-state index >= 15 is 0 Å². The molecule has 0 aliphatic heterocycles. The van der Waals surface area contributed by atoms with Crippen LogP contribution in [0.5, 0.6) is 0 Å². The minimum Gasteiger partial charge on any atom is -0.364 e. The van der Waals surface area contributed by atoms with Crippen LogP contribution in [0.2, 0.25) is 5.02 Å². The number of aldehydes is 1. The summed E-state index contributed by atoms with van der Waals surface area (Å²) in [6, 6.07) is 7.13. The number of hydrogen-bond acceptors (Lipinski definition) is 3. The molecule has 0 saturated carbocycles. The van der Waals surface area contributed by atoms with Crippen LogP contribution in [0.3, 0.4) is 0 Å². The van der Waals surface area contributed by atoms with Crippen LogP contribution in [0.1, 0.15) is 27.0 Å². The lowest BCUT2D eigenvalue weighted by Crippen LogP contribution is -1.98. The number of carbonyl (C=O) groups excluding carboxylic acids is 1. The fourth-order valence-electron chi connectivity index (χ4n) is 1.36. The van der Waals surface area contributed by atoms with Crippen molar-refractivity contribution in [2.24, 2.45) is 0 Å². The Labute approximate surface area is 102 Å². The van der Waals surface area contributed by atoms with Gasteiger partial charge in [-0.1, -0.05) is 35.0 Å². The van der Waals surface area contributed by atoms with E-state index in [1.165, 1.54) is 6.26 Å². The van der Waals surface area contributed by atoms with Gasteiger partial charge in [0, 0.05) is 5.02 Å². The van der Waals surface area contributed by atoms with Gasteiger partial charge in [0.1, 0.15) is 17.3 Å². The SMILES string of the molecule is O=Cc1conc1C(Cl)c1ccccc1Cl. The Balaban J connectivity index is 2.43. The highest BCUT2D eigenvalue weighted by Gasteiger charge is 2.20. The molecule has 2 aromatic rings. The van der Waals surface area contributed by atoms with Crippen molar-refractivity contribution in [3.8, 4) is 0 Å². The van der Waals surface area contributed by atoms with Crippen molar-refractivity contribution in [1.82, 2.24) is 5.16 Å². The number of benzene rings is 1. The average Bonchev–Trinajstić information content (AvgIpc) is 2.77. The molecule has 1 atom stereocenters. The second-order valence-electron chi connectivity index (χ2n) is 3.16. The third-order valence-electron chi connectivity index (χ3n) is 2.17. The highest BCUT2D eigenvalue weighted by Crippen LogP contribution is 2.33. The molecule has 0 N–H and O–H groups in total. The molecule has 0 saturated heterocycles. The van der Waals surface area contributed by atoms with Crippen LogP contribution in [0, 0.1) is 0 Å². The Morgan fingerprint density at radius 2 is 2.12 bits per heavy atom. The van der Waals surface area contributed by atoms with E-state index in [1.807, 2.05) is 6.07 Å². The summed E-state index contributed by atoms with van der Waals surface area (Å²) in [5.41, 5.74) is 1.41. The molecule has 0 bridgehead atoms. The molecule has 1 aromatic heterocycles. The van der Waals surface area contributed by atoms with Gasteiger partial charge in [0.25, 0.3) is 0 Å². The predicted molar refractivity (Wildman–Crippen MR) is 61.0 cm³/mol. The molecule has 82 valence electrons.